The average Bonchev–Trinajstić information content (AvgIpc) is 2.39. The predicted molar refractivity (Wildman–Crippen MR) is 62.0 cm³/mol. The minimum Gasteiger partial charge on any atom is -0.405 e. The van der Waals surface area contributed by atoms with E-state index in [9.17, 15) is 22.0 Å². The Labute approximate surface area is 116 Å². The number of nitrogens with zero attached hydrogens (tertiary/aromatic N) is 1. The number of rotatable bonds is 2. The van der Waals surface area contributed by atoms with Crippen molar-refractivity contribution in [1.29, 1.82) is 5.26 Å². The van der Waals surface area contributed by atoms with Crippen molar-refractivity contribution in [2.45, 2.75) is 6.36 Å². The van der Waals surface area contributed by atoms with Crippen LogP contribution < -0.4 is 4.74 Å². The van der Waals surface area contributed by atoms with E-state index in [2.05, 4.69) is 4.74 Å². The van der Waals surface area contributed by atoms with E-state index in [0.29, 0.717) is 12.1 Å². The van der Waals surface area contributed by atoms with E-state index in [1.807, 2.05) is 6.07 Å². The molecule has 7 heteroatoms. The van der Waals surface area contributed by atoms with Crippen molar-refractivity contribution < 1.29 is 26.7 Å². The van der Waals surface area contributed by atoms with Gasteiger partial charge in [-0.05, 0) is 30.3 Å². The van der Waals surface area contributed by atoms with Crippen molar-refractivity contribution in [3.8, 4) is 22.9 Å². The van der Waals surface area contributed by atoms with Crippen molar-refractivity contribution >= 4 is 0 Å². The largest absolute Gasteiger partial charge is 0.573 e. The van der Waals surface area contributed by atoms with Crippen LogP contribution in [0.4, 0.5) is 22.0 Å². The summed E-state index contributed by atoms with van der Waals surface area (Å²) in [5.74, 6) is -2.72. The molecule has 0 saturated carbocycles. The maximum Gasteiger partial charge on any atom is 0.573 e. The Hall–Kier alpha value is -2.62. The summed E-state index contributed by atoms with van der Waals surface area (Å²) in [4.78, 5) is 0. The van der Waals surface area contributed by atoms with Gasteiger partial charge < -0.3 is 4.74 Å². The second-order valence-corrected chi connectivity index (χ2v) is 3.91. The van der Waals surface area contributed by atoms with Crippen LogP contribution in [0.1, 0.15) is 5.56 Å². The third-order valence-electron chi connectivity index (χ3n) is 2.49. The van der Waals surface area contributed by atoms with Crippen LogP contribution in [0.5, 0.6) is 5.75 Å². The van der Waals surface area contributed by atoms with E-state index >= 15 is 0 Å². The summed E-state index contributed by atoms with van der Waals surface area (Å²) in [5.41, 5.74) is -0.760. The smallest absolute Gasteiger partial charge is 0.405 e. The lowest BCUT2D eigenvalue weighted by molar-refractivity contribution is -0.274. The Morgan fingerprint density at radius 2 is 1.81 bits per heavy atom. The molecule has 2 rings (SSSR count). The summed E-state index contributed by atoms with van der Waals surface area (Å²) in [6, 6.07) is 8.00. The summed E-state index contributed by atoms with van der Waals surface area (Å²) < 4.78 is 67.6. The predicted octanol–water partition coefficient (Wildman–Crippen LogP) is 4.20. The normalized spacial score (nSPS) is 11.0. The summed E-state index contributed by atoms with van der Waals surface area (Å²) in [6.45, 7) is 0. The molecule has 2 aromatic carbocycles. The van der Waals surface area contributed by atoms with E-state index in [4.69, 9.17) is 5.26 Å². The molecule has 0 N–H and O–H groups in total. The molecule has 21 heavy (non-hydrogen) atoms. The van der Waals surface area contributed by atoms with Crippen molar-refractivity contribution in [1.82, 2.24) is 0 Å². The third-order valence-corrected chi connectivity index (χ3v) is 2.49. The number of alkyl halides is 3. The van der Waals surface area contributed by atoms with E-state index < -0.39 is 29.3 Å². The maximum absolute atomic E-state index is 13.8. The third kappa shape index (κ3) is 3.48. The van der Waals surface area contributed by atoms with Gasteiger partial charge in [0.1, 0.15) is 17.4 Å². The highest BCUT2D eigenvalue weighted by Crippen LogP contribution is 2.35. The molecule has 0 aliphatic rings. The van der Waals surface area contributed by atoms with Crippen LogP contribution in [0, 0.1) is 29.0 Å². The Morgan fingerprint density at radius 3 is 2.38 bits per heavy atom. The minimum atomic E-state index is -5.01. The minimum absolute atomic E-state index is 0.0162. The Kier molecular flexibility index (Phi) is 3.80. The first-order valence-electron chi connectivity index (χ1n) is 5.47. The van der Waals surface area contributed by atoms with Gasteiger partial charge in [-0.2, -0.15) is 5.26 Å². The van der Waals surface area contributed by atoms with Gasteiger partial charge in [0.25, 0.3) is 0 Å². The molecule has 2 nitrogen and oxygen atoms in total. The molecule has 0 spiro atoms. The topological polar surface area (TPSA) is 33.0 Å². The summed E-state index contributed by atoms with van der Waals surface area (Å²) in [6.07, 6.45) is -5.01. The van der Waals surface area contributed by atoms with Gasteiger partial charge in [-0.15, -0.1) is 13.2 Å². The molecule has 1 radical (unpaired) electrons. The van der Waals surface area contributed by atoms with Crippen molar-refractivity contribution in [3.05, 3.63) is 53.6 Å². The molecule has 0 saturated heterocycles. The standard InChI is InChI=1S/C14H5F5NO/c15-9-2-4-13(21-14(17,18)19)11(6-9)10-3-1-8(7-20)5-12(10)16/h1,3-6H. The van der Waals surface area contributed by atoms with Gasteiger partial charge in [-0.1, -0.05) is 0 Å². The molecule has 0 aliphatic heterocycles. The molecule has 0 aliphatic carbocycles. The Morgan fingerprint density at radius 1 is 1.10 bits per heavy atom. The van der Waals surface area contributed by atoms with Crippen LogP contribution in [0.3, 0.4) is 0 Å². The first kappa shape index (κ1) is 14.8. The maximum atomic E-state index is 13.8. The van der Waals surface area contributed by atoms with Crippen LogP contribution in [0.2, 0.25) is 0 Å². The number of ether oxygens (including phenoxy) is 1. The molecule has 2 aromatic rings. The van der Waals surface area contributed by atoms with Crippen LogP contribution in [0.25, 0.3) is 11.1 Å². The number of benzene rings is 2. The zero-order valence-electron chi connectivity index (χ0n) is 10.1. The second-order valence-electron chi connectivity index (χ2n) is 3.91. The fraction of sp³-hybridized carbons (Fsp3) is 0.0714. The summed E-state index contributed by atoms with van der Waals surface area (Å²) in [5, 5.41) is 8.62. The zero-order chi connectivity index (χ0) is 15.6. The molecular weight excluding hydrogens is 293 g/mol. The zero-order valence-corrected chi connectivity index (χ0v) is 10.1. The molecular formula is C14H5F5NO. The molecule has 0 bridgehead atoms. The fourth-order valence-corrected chi connectivity index (χ4v) is 1.67. The summed E-state index contributed by atoms with van der Waals surface area (Å²) in [7, 11) is 0. The van der Waals surface area contributed by atoms with Crippen LogP contribution >= 0.6 is 0 Å². The molecule has 107 valence electrons. The van der Waals surface area contributed by atoms with Gasteiger partial charge in [0.05, 0.1) is 11.6 Å². The number of nitriles is 1. The van der Waals surface area contributed by atoms with Gasteiger partial charge in [-0.3, -0.25) is 0 Å². The van der Waals surface area contributed by atoms with Crippen molar-refractivity contribution in [3.63, 3.8) is 0 Å². The highest BCUT2D eigenvalue weighted by atomic mass is 19.4. The van der Waals surface area contributed by atoms with Crippen LogP contribution in [0.15, 0.2) is 30.3 Å². The number of hydrogen-bond donors (Lipinski definition) is 0. The molecule has 0 heterocycles. The molecule has 0 fully saturated rings. The van der Waals surface area contributed by atoms with E-state index in [1.54, 1.807) is 6.07 Å². The van der Waals surface area contributed by atoms with E-state index in [-0.39, 0.29) is 11.1 Å². The molecule has 0 atom stereocenters. The van der Waals surface area contributed by atoms with Crippen molar-refractivity contribution in [2.75, 3.05) is 0 Å². The lowest BCUT2D eigenvalue weighted by Gasteiger charge is -2.14. The second kappa shape index (κ2) is 5.40. The lowest BCUT2D eigenvalue weighted by Crippen LogP contribution is -2.17. The SMILES string of the molecule is N#Cc1ccc(-c2cc(F)[c]cc2OC(F)(F)F)c(F)c1. The Balaban J connectivity index is 2.57. The number of halogens is 5. The Bertz CT molecular complexity index is 718. The van der Waals surface area contributed by atoms with Gasteiger partial charge in [0.2, 0.25) is 0 Å². The van der Waals surface area contributed by atoms with Gasteiger partial charge in [-0.25, -0.2) is 8.78 Å². The molecule has 0 amide bonds. The van der Waals surface area contributed by atoms with Crippen LogP contribution in [-0.4, -0.2) is 6.36 Å². The fourth-order valence-electron chi connectivity index (χ4n) is 1.67. The van der Waals surface area contributed by atoms with Gasteiger partial charge in [0.15, 0.2) is 0 Å². The van der Waals surface area contributed by atoms with E-state index in [1.165, 1.54) is 6.07 Å². The monoisotopic (exact) mass is 298 g/mol. The van der Waals surface area contributed by atoms with Crippen LogP contribution in [-0.2, 0) is 0 Å². The average molecular weight is 298 g/mol. The van der Waals surface area contributed by atoms with E-state index in [0.717, 1.165) is 12.1 Å². The first-order valence-corrected chi connectivity index (χ1v) is 5.47. The summed E-state index contributed by atoms with van der Waals surface area (Å²) >= 11 is 0. The highest BCUT2D eigenvalue weighted by Gasteiger charge is 2.32. The first-order chi connectivity index (χ1) is 9.80. The highest BCUT2D eigenvalue weighted by molar-refractivity contribution is 5.71. The number of hydrogen-bond acceptors (Lipinski definition) is 2. The molecule has 0 unspecified atom stereocenters. The quantitative estimate of drug-likeness (QED) is 0.778. The molecule has 0 aromatic heterocycles. The van der Waals surface area contributed by atoms with Gasteiger partial charge in [0, 0.05) is 17.2 Å². The van der Waals surface area contributed by atoms with Gasteiger partial charge >= 0.3 is 6.36 Å². The van der Waals surface area contributed by atoms with Crippen molar-refractivity contribution in [2.24, 2.45) is 0 Å². The lowest BCUT2D eigenvalue weighted by atomic mass is 10.0.